The molecular formula is C17H24ClNO3. The molecule has 0 N–H and O–H groups in total. The van der Waals surface area contributed by atoms with Crippen molar-refractivity contribution in [3.8, 4) is 5.75 Å². The Morgan fingerprint density at radius 1 is 1.27 bits per heavy atom. The van der Waals surface area contributed by atoms with Crippen molar-refractivity contribution in [2.45, 2.75) is 25.8 Å². The monoisotopic (exact) mass is 325 g/mol. The van der Waals surface area contributed by atoms with E-state index in [-0.39, 0.29) is 5.78 Å². The van der Waals surface area contributed by atoms with E-state index in [0.29, 0.717) is 31.3 Å². The molecular weight excluding hydrogens is 302 g/mol. The molecule has 1 aliphatic rings. The van der Waals surface area contributed by atoms with Crippen LogP contribution in [0.3, 0.4) is 0 Å². The zero-order chi connectivity index (χ0) is 16.0. The minimum absolute atomic E-state index is 0.127. The van der Waals surface area contributed by atoms with Crippen LogP contribution in [0.2, 0.25) is 0 Å². The molecule has 0 unspecified atom stereocenters. The molecule has 0 bridgehead atoms. The first kappa shape index (κ1) is 17.3. The molecule has 1 aliphatic heterocycles. The molecule has 1 saturated heterocycles. The Labute approximate surface area is 137 Å². The second-order valence-corrected chi connectivity index (χ2v) is 6.28. The van der Waals surface area contributed by atoms with E-state index in [9.17, 15) is 4.79 Å². The lowest BCUT2D eigenvalue weighted by Crippen LogP contribution is -2.54. The van der Waals surface area contributed by atoms with Crippen molar-refractivity contribution in [2.75, 3.05) is 38.8 Å². The smallest absolute Gasteiger partial charge is 0.182 e. The molecule has 22 heavy (non-hydrogen) atoms. The van der Waals surface area contributed by atoms with Gasteiger partial charge in [-0.05, 0) is 44.5 Å². The van der Waals surface area contributed by atoms with Gasteiger partial charge in [0.2, 0.25) is 0 Å². The quantitative estimate of drug-likeness (QED) is 0.439. The summed E-state index contributed by atoms with van der Waals surface area (Å²) in [4.78, 5) is 15.0. The summed E-state index contributed by atoms with van der Waals surface area (Å²) in [7, 11) is 0. The molecule has 0 spiro atoms. The number of benzene rings is 1. The molecule has 2 rings (SSSR count). The number of hydrogen-bond donors (Lipinski definition) is 0. The van der Waals surface area contributed by atoms with Gasteiger partial charge in [-0.15, -0.1) is 11.6 Å². The number of halogens is 1. The van der Waals surface area contributed by atoms with Gasteiger partial charge in [0, 0.05) is 24.5 Å². The summed E-state index contributed by atoms with van der Waals surface area (Å²) in [5.41, 5.74) is 0.186. The van der Waals surface area contributed by atoms with Gasteiger partial charge in [0.05, 0.1) is 25.4 Å². The SMILES string of the molecule is CC(C)(C(=O)c1ccc(OCCCCl)cc1)N1CCOCC1. The largest absolute Gasteiger partial charge is 0.494 e. The lowest BCUT2D eigenvalue weighted by atomic mass is 9.91. The van der Waals surface area contributed by atoms with Gasteiger partial charge in [0.1, 0.15) is 5.75 Å². The van der Waals surface area contributed by atoms with Gasteiger partial charge in [-0.1, -0.05) is 0 Å². The number of ketones is 1. The number of carbonyl (C=O) groups excluding carboxylic acids is 1. The molecule has 1 aromatic rings. The molecule has 0 amide bonds. The second-order valence-electron chi connectivity index (χ2n) is 5.90. The van der Waals surface area contributed by atoms with E-state index in [1.54, 1.807) is 0 Å². The zero-order valence-electron chi connectivity index (χ0n) is 13.3. The summed E-state index contributed by atoms with van der Waals surface area (Å²) in [6.45, 7) is 7.50. The van der Waals surface area contributed by atoms with Gasteiger partial charge in [-0.3, -0.25) is 9.69 Å². The fourth-order valence-electron chi connectivity index (χ4n) is 2.57. The molecule has 1 fully saturated rings. The number of hydrogen-bond acceptors (Lipinski definition) is 4. The normalized spacial score (nSPS) is 16.5. The molecule has 0 atom stereocenters. The predicted molar refractivity (Wildman–Crippen MR) is 88.1 cm³/mol. The van der Waals surface area contributed by atoms with E-state index in [1.807, 2.05) is 38.1 Å². The van der Waals surface area contributed by atoms with Crippen LogP contribution in [0.4, 0.5) is 0 Å². The Morgan fingerprint density at radius 3 is 2.50 bits per heavy atom. The van der Waals surface area contributed by atoms with Crippen molar-refractivity contribution in [2.24, 2.45) is 0 Å². The molecule has 0 aromatic heterocycles. The topological polar surface area (TPSA) is 38.8 Å². The van der Waals surface area contributed by atoms with E-state index in [2.05, 4.69) is 4.90 Å². The minimum Gasteiger partial charge on any atom is -0.494 e. The van der Waals surface area contributed by atoms with Crippen molar-refractivity contribution in [3.63, 3.8) is 0 Å². The van der Waals surface area contributed by atoms with Crippen LogP contribution in [0.1, 0.15) is 30.6 Å². The number of carbonyl (C=O) groups is 1. The van der Waals surface area contributed by atoms with E-state index in [1.165, 1.54) is 0 Å². The van der Waals surface area contributed by atoms with Gasteiger partial charge in [0.25, 0.3) is 0 Å². The van der Waals surface area contributed by atoms with Crippen LogP contribution in [-0.4, -0.2) is 55.0 Å². The molecule has 1 heterocycles. The first-order valence-corrected chi connectivity index (χ1v) is 8.25. The highest BCUT2D eigenvalue weighted by Crippen LogP contribution is 2.23. The van der Waals surface area contributed by atoms with E-state index < -0.39 is 5.54 Å². The van der Waals surface area contributed by atoms with Crippen LogP contribution in [0.5, 0.6) is 5.75 Å². The van der Waals surface area contributed by atoms with Crippen molar-refractivity contribution in [1.29, 1.82) is 0 Å². The zero-order valence-corrected chi connectivity index (χ0v) is 14.1. The summed E-state index contributed by atoms with van der Waals surface area (Å²) in [6.07, 6.45) is 0.812. The molecule has 0 radical (unpaired) electrons. The van der Waals surface area contributed by atoms with Gasteiger partial charge >= 0.3 is 0 Å². The lowest BCUT2D eigenvalue weighted by molar-refractivity contribution is -0.00429. The highest BCUT2D eigenvalue weighted by Gasteiger charge is 2.35. The first-order valence-electron chi connectivity index (χ1n) is 7.72. The molecule has 5 heteroatoms. The Balaban J connectivity index is 2.01. The minimum atomic E-state index is -0.523. The van der Waals surface area contributed by atoms with Crippen LogP contribution < -0.4 is 4.74 Å². The maximum Gasteiger partial charge on any atom is 0.182 e. The number of morpholine rings is 1. The number of Topliss-reactive ketones (excluding diaryl/α,β-unsaturated/α-hetero) is 1. The number of ether oxygens (including phenoxy) is 2. The van der Waals surface area contributed by atoms with Crippen LogP contribution in [0, 0.1) is 0 Å². The van der Waals surface area contributed by atoms with Gasteiger partial charge in [0.15, 0.2) is 5.78 Å². The number of rotatable bonds is 7. The Bertz CT molecular complexity index is 481. The average Bonchev–Trinajstić information content (AvgIpc) is 2.56. The summed E-state index contributed by atoms with van der Waals surface area (Å²) in [5.74, 6) is 1.48. The standard InChI is InChI=1S/C17H24ClNO3/c1-17(2,19-9-12-21-13-10-19)16(20)14-4-6-15(7-5-14)22-11-3-8-18/h4-7H,3,8-13H2,1-2H3. The molecule has 122 valence electrons. The third-order valence-electron chi connectivity index (χ3n) is 4.02. The third-order valence-corrected chi connectivity index (χ3v) is 4.29. The van der Waals surface area contributed by atoms with Crippen molar-refractivity contribution < 1.29 is 14.3 Å². The van der Waals surface area contributed by atoms with Gasteiger partial charge < -0.3 is 9.47 Å². The summed E-state index contributed by atoms with van der Waals surface area (Å²) >= 11 is 5.62. The maximum atomic E-state index is 12.8. The fraction of sp³-hybridized carbons (Fsp3) is 0.588. The van der Waals surface area contributed by atoms with Gasteiger partial charge in [-0.25, -0.2) is 0 Å². The van der Waals surface area contributed by atoms with E-state index in [4.69, 9.17) is 21.1 Å². The van der Waals surface area contributed by atoms with Crippen molar-refractivity contribution in [3.05, 3.63) is 29.8 Å². The van der Waals surface area contributed by atoms with Crippen LogP contribution in [-0.2, 0) is 4.74 Å². The summed E-state index contributed by atoms with van der Waals surface area (Å²) in [6, 6.07) is 7.36. The molecule has 0 saturated carbocycles. The molecule has 1 aromatic carbocycles. The average molecular weight is 326 g/mol. The Kier molecular flexibility index (Phi) is 6.24. The number of nitrogens with zero attached hydrogens (tertiary/aromatic N) is 1. The highest BCUT2D eigenvalue weighted by atomic mass is 35.5. The van der Waals surface area contributed by atoms with Crippen LogP contribution in [0.15, 0.2) is 24.3 Å². The molecule has 0 aliphatic carbocycles. The molecule has 4 nitrogen and oxygen atoms in total. The van der Waals surface area contributed by atoms with Crippen molar-refractivity contribution in [1.82, 2.24) is 4.90 Å². The third kappa shape index (κ3) is 4.22. The Morgan fingerprint density at radius 2 is 1.91 bits per heavy atom. The van der Waals surface area contributed by atoms with E-state index >= 15 is 0 Å². The highest BCUT2D eigenvalue weighted by molar-refractivity contribution is 6.17. The maximum absolute atomic E-state index is 12.8. The summed E-state index contributed by atoms with van der Waals surface area (Å²) in [5, 5.41) is 0. The fourth-order valence-corrected chi connectivity index (χ4v) is 2.68. The van der Waals surface area contributed by atoms with Crippen LogP contribution >= 0.6 is 11.6 Å². The predicted octanol–water partition coefficient (Wildman–Crippen LogP) is 2.99. The van der Waals surface area contributed by atoms with E-state index in [0.717, 1.165) is 25.3 Å². The van der Waals surface area contributed by atoms with Crippen LogP contribution in [0.25, 0.3) is 0 Å². The Hall–Kier alpha value is -1.10. The summed E-state index contributed by atoms with van der Waals surface area (Å²) < 4.78 is 10.9. The van der Waals surface area contributed by atoms with Crippen molar-refractivity contribution >= 4 is 17.4 Å². The first-order chi connectivity index (χ1) is 10.6. The van der Waals surface area contributed by atoms with Gasteiger partial charge in [-0.2, -0.15) is 0 Å². The number of alkyl halides is 1. The lowest BCUT2D eigenvalue weighted by Gasteiger charge is -2.39. The second kappa shape index (κ2) is 7.95.